The Labute approximate surface area is 112 Å². The predicted octanol–water partition coefficient (Wildman–Crippen LogP) is 4.17. The quantitative estimate of drug-likeness (QED) is 0.721. The minimum atomic E-state index is 0.510. The summed E-state index contributed by atoms with van der Waals surface area (Å²) in [5.41, 5.74) is 1.25. The van der Waals surface area contributed by atoms with Crippen molar-refractivity contribution >= 4 is 17.8 Å². The lowest BCUT2D eigenvalue weighted by molar-refractivity contribution is 0.378. The Hall–Kier alpha value is -1.29. The van der Waals surface area contributed by atoms with Crippen molar-refractivity contribution in [2.45, 2.75) is 32.1 Å². The van der Waals surface area contributed by atoms with Crippen LogP contribution < -0.4 is 0 Å². The van der Waals surface area contributed by atoms with E-state index in [1.165, 1.54) is 23.3 Å². The zero-order valence-electron chi connectivity index (χ0n) is 10.8. The fourth-order valence-electron chi connectivity index (χ4n) is 1.71. The molecule has 3 nitrogen and oxygen atoms in total. The highest BCUT2D eigenvalue weighted by Gasteiger charge is 2.29. The van der Waals surface area contributed by atoms with Crippen LogP contribution >= 0.6 is 11.8 Å². The molecular formula is C14H18N2OS. The van der Waals surface area contributed by atoms with Crippen LogP contribution in [0.15, 0.2) is 33.7 Å². The third-order valence-electron chi connectivity index (χ3n) is 2.92. The second kappa shape index (κ2) is 6.05. The van der Waals surface area contributed by atoms with Crippen molar-refractivity contribution in [3.05, 3.63) is 40.9 Å². The van der Waals surface area contributed by atoms with E-state index < -0.39 is 0 Å². The van der Waals surface area contributed by atoms with Crippen LogP contribution in [0.1, 0.15) is 43.8 Å². The van der Waals surface area contributed by atoms with Gasteiger partial charge in [0.15, 0.2) is 5.82 Å². The van der Waals surface area contributed by atoms with Gasteiger partial charge in [-0.05, 0) is 37.2 Å². The van der Waals surface area contributed by atoms with E-state index in [0.717, 1.165) is 12.3 Å². The summed E-state index contributed by atoms with van der Waals surface area (Å²) in [6.45, 7) is 5.96. The van der Waals surface area contributed by atoms with Gasteiger partial charge in [-0.1, -0.05) is 30.8 Å². The highest BCUT2D eigenvalue weighted by Crippen LogP contribution is 2.38. The van der Waals surface area contributed by atoms with Gasteiger partial charge in [0.25, 0.3) is 0 Å². The number of hydrogen-bond donors (Lipinski definition) is 0. The molecule has 0 spiro atoms. The maximum atomic E-state index is 5.21. The van der Waals surface area contributed by atoms with Gasteiger partial charge in [0, 0.05) is 10.8 Å². The first-order valence-corrected chi connectivity index (χ1v) is 7.42. The van der Waals surface area contributed by atoms with E-state index >= 15 is 0 Å². The number of hydrogen-bond acceptors (Lipinski definition) is 4. The van der Waals surface area contributed by atoms with Crippen molar-refractivity contribution in [3.8, 4) is 0 Å². The summed E-state index contributed by atoms with van der Waals surface area (Å²) in [5.74, 6) is 1.95. The van der Waals surface area contributed by atoms with Gasteiger partial charge in [0.1, 0.15) is 0 Å². The molecule has 0 amide bonds. The Morgan fingerprint density at radius 2 is 2.33 bits per heavy atom. The van der Waals surface area contributed by atoms with Crippen LogP contribution in [0, 0.1) is 0 Å². The standard InChI is InChI=1S/C14H18N2OS/c1-4-10(12(5-2)18-3)8-9-13-15-14(17-16-13)11-6-7-11/h5,8-9,11H,2,4,6-7H2,1,3H3/b9-8+,12-10+. The predicted molar refractivity (Wildman–Crippen MR) is 76.3 cm³/mol. The van der Waals surface area contributed by atoms with Crippen molar-refractivity contribution in [3.63, 3.8) is 0 Å². The molecule has 0 bridgehead atoms. The van der Waals surface area contributed by atoms with Crippen LogP contribution in [0.25, 0.3) is 6.08 Å². The van der Waals surface area contributed by atoms with Crippen LogP contribution in [0.2, 0.25) is 0 Å². The maximum Gasteiger partial charge on any atom is 0.230 e. The number of allylic oxidation sites excluding steroid dienone is 3. The van der Waals surface area contributed by atoms with E-state index in [0.29, 0.717) is 11.7 Å². The van der Waals surface area contributed by atoms with E-state index in [9.17, 15) is 0 Å². The van der Waals surface area contributed by atoms with Crippen molar-refractivity contribution in [1.29, 1.82) is 0 Å². The molecule has 0 saturated heterocycles. The SMILES string of the molecule is C=C/C(SC)=C(\C=C\c1noc(C2CC2)n1)CC. The molecule has 1 heterocycles. The third kappa shape index (κ3) is 3.13. The highest BCUT2D eigenvalue weighted by molar-refractivity contribution is 8.02. The molecule has 18 heavy (non-hydrogen) atoms. The van der Waals surface area contributed by atoms with Crippen LogP contribution in [0.3, 0.4) is 0 Å². The minimum absolute atomic E-state index is 0.510. The lowest BCUT2D eigenvalue weighted by Gasteiger charge is -2.02. The second-order valence-corrected chi connectivity index (χ2v) is 5.10. The number of aromatic nitrogens is 2. The maximum absolute atomic E-state index is 5.21. The molecule has 1 aliphatic carbocycles. The molecule has 2 rings (SSSR count). The van der Waals surface area contributed by atoms with Gasteiger partial charge < -0.3 is 4.52 Å². The molecule has 1 fully saturated rings. The summed E-state index contributed by atoms with van der Waals surface area (Å²) in [5, 5.41) is 3.97. The smallest absolute Gasteiger partial charge is 0.230 e. The minimum Gasteiger partial charge on any atom is -0.339 e. The largest absolute Gasteiger partial charge is 0.339 e. The summed E-state index contributed by atoms with van der Waals surface area (Å²) in [6, 6.07) is 0. The van der Waals surface area contributed by atoms with Crippen LogP contribution in [-0.4, -0.2) is 16.4 Å². The van der Waals surface area contributed by atoms with Crippen LogP contribution in [-0.2, 0) is 0 Å². The van der Waals surface area contributed by atoms with E-state index in [4.69, 9.17) is 4.52 Å². The molecule has 96 valence electrons. The van der Waals surface area contributed by atoms with Crippen molar-refractivity contribution in [1.82, 2.24) is 10.1 Å². The van der Waals surface area contributed by atoms with Gasteiger partial charge in [-0.25, -0.2) is 0 Å². The highest BCUT2D eigenvalue weighted by atomic mass is 32.2. The zero-order chi connectivity index (χ0) is 13.0. The molecule has 0 aliphatic heterocycles. The number of thioether (sulfide) groups is 1. The number of rotatable bonds is 6. The van der Waals surface area contributed by atoms with Gasteiger partial charge in [-0.15, -0.1) is 11.8 Å². The summed E-state index contributed by atoms with van der Waals surface area (Å²) in [4.78, 5) is 5.56. The van der Waals surface area contributed by atoms with E-state index in [1.807, 2.05) is 12.2 Å². The van der Waals surface area contributed by atoms with Crippen molar-refractivity contribution < 1.29 is 4.52 Å². The lowest BCUT2D eigenvalue weighted by Crippen LogP contribution is -1.83. The number of nitrogens with zero attached hydrogens (tertiary/aromatic N) is 2. The molecule has 0 unspecified atom stereocenters. The first kappa shape index (κ1) is 13.1. The van der Waals surface area contributed by atoms with Gasteiger partial charge >= 0.3 is 0 Å². The van der Waals surface area contributed by atoms with Crippen LogP contribution in [0.4, 0.5) is 0 Å². The van der Waals surface area contributed by atoms with Crippen LogP contribution in [0.5, 0.6) is 0 Å². The molecule has 0 atom stereocenters. The molecule has 1 saturated carbocycles. The van der Waals surface area contributed by atoms with E-state index in [1.54, 1.807) is 11.8 Å². The monoisotopic (exact) mass is 262 g/mol. The topological polar surface area (TPSA) is 38.9 Å². The Bertz CT molecular complexity index is 484. The van der Waals surface area contributed by atoms with Crippen molar-refractivity contribution in [2.24, 2.45) is 0 Å². The van der Waals surface area contributed by atoms with Gasteiger partial charge in [0.2, 0.25) is 5.89 Å². The van der Waals surface area contributed by atoms with Gasteiger partial charge in [0.05, 0.1) is 0 Å². The Morgan fingerprint density at radius 3 is 2.89 bits per heavy atom. The average molecular weight is 262 g/mol. The lowest BCUT2D eigenvalue weighted by atomic mass is 10.1. The fourth-order valence-corrected chi connectivity index (χ4v) is 2.35. The van der Waals surface area contributed by atoms with E-state index in [-0.39, 0.29) is 0 Å². The molecule has 1 aliphatic rings. The molecular weight excluding hydrogens is 244 g/mol. The third-order valence-corrected chi connectivity index (χ3v) is 3.79. The summed E-state index contributed by atoms with van der Waals surface area (Å²) in [7, 11) is 0. The molecule has 0 N–H and O–H groups in total. The fraction of sp³-hybridized carbons (Fsp3) is 0.429. The summed E-state index contributed by atoms with van der Waals surface area (Å²) < 4.78 is 5.21. The zero-order valence-corrected chi connectivity index (χ0v) is 11.7. The molecule has 1 aromatic rings. The normalized spacial score (nSPS) is 17.0. The molecule has 4 heteroatoms. The Kier molecular flexibility index (Phi) is 4.42. The molecule has 1 aromatic heterocycles. The van der Waals surface area contributed by atoms with E-state index in [2.05, 4.69) is 36.0 Å². The Balaban J connectivity index is 2.12. The van der Waals surface area contributed by atoms with Gasteiger partial charge in [-0.2, -0.15) is 4.98 Å². The molecule has 0 aromatic carbocycles. The first-order valence-electron chi connectivity index (χ1n) is 6.19. The average Bonchev–Trinajstić information content (AvgIpc) is 3.14. The summed E-state index contributed by atoms with van der Waals surface area (Å²) in [6.07, 6.45) is 11.2. The Morgan fingerprint density at radius 1 is 1.56 bits per heavy atom. The second-order valence-electron chi connectivity index (χ2n) is 4.25. The molecule has 0 radical (unpaired) electrons. The first-order chi connectivity index (χ1) is 8.78. The van der Waals surface area contributed by atoms with Crippen molar-refractivity contribution in [2.75, 3.05) is 6.26 Å². The summed E-state index contributed by atoms with van der Waals surface area (Å²) >= 11 is 1.70. The van der Waals surface area contributed by atoms with Gasteiger partial charge in [-0.3, -0.25) is 0 Å².